The molecule has 1 saturated heterocycles. The van der Waals surface area contributed by atoms with Crippen LogP contribution in [0.2, 0.25) is 0 Å². The van der Waals surface area contributed by atoms with Crippen molar-refractivity contribution in [3.05, 3.63) is 89.2 Å². The van der Waals surface area contributed by atoms with Gasteiger partial charge >= 0.3 is 0 Å². The Balaban J connectivity index is 1.34. The molecule has 0 atom stereocenters. The molecule has 1 aliphatic heterocycles. The molecule has 1 fully saturated rings. The Labute approximate surface area is 171 Å². The maximum atomic E-state index is 12.6. The fourth-order valence-electron chi connectivity index (χ4n) is 3.50. The van der Waals surface area contributed by atoms with Gasteiger partial charge in [0.15, 0.2) is 0 Å². The van der Waals surface area contributed by atoms with E-state index < -0.39 is 0 Å². The highest BCUT2D eigenvalue weighted by Crippen LogP contribution is 2.13. The van der Waals surface area contributed by atoms with Gasteiger partial charge in [-0.2, -0.15) is 5.10 Å². The van der Waals surface area contributed by atoms with E-state index in [-0.39, 0.29) is 5.91 Å². The van der Waals surface area contributed by atoms with Gasteiger partial charge in [-0.3, -0.25) is 14.4 Å². The van der Waals surface area contributed by atoms with E-state index in [2.05, 4.69) is 33.5 Å². The van der Waals surface area contributed by atoms with Crippen molar-refractivity contribution >= 4 is 5.91 Å². The number of ether oxygens (including phenoxy) is 1. The summed E-state index contributed by atoms with van der Waals surface area (Å²) in [6, 6.07) is 17.9. The van der Waals surface area contributed by atoms with Gasteiger partial charge in [-0.1, -0.05) is 36.4 Å². The Hall–Kier alpha value is -2.96. The topological polar surface area (TPSA) is 59.4 Å². The fourth-order valence-corrected chi connectivity index (χ4v) is 3.50. The quantitative estimate of drug-likeness (QED) is 0.674. The Morgan fingerprint density at radius 3 is 2.45 bits per heavy atom. The maximum Gasteiger partial charge on any atom is 0.251 e. The van der Waals surface area contributed by atoms with Gasteiger partial charge in [0, 0.05) is 44.1 Å². The predicted molar refractivity (Wildman–Crippen MR) is 111 cm³/mol. The third-order valence-corrected chi connectivity index (χ3v) is 5.18. The van der Waals surface area contributed by atoms with Crippen molar-refractivity contribution in [2.75, 3.05) is 26.3 Å². The molecule has 2 aromatic carbocycles. The molecule has 2 heterocycles. The standard InChI is InChI=1S/C23H26N4O2/c28-23(20-8-6-19(7-9-20)17-27-11-3-10-25-27)24-16-21-4-1-2-5-22(21)18-26-12-14-29-15-13-26/h1-11H,12-18H2,(H,24,28). The number of hydrogen-bond acceptors (Lipinski definition) is 4. The van der Waals surface area contributed by atoms with Crippen LogP contribution in [0.1, 0.15) is 27.0 Å². The fraction of sp³-hybridized carbons (Fsp3) is 0.304. The lowest BCUT2D eigenvalue weighted by Gasteiger charge is -2.27. The first kappa shape index (κ1) is 19.4. The number of carbonyl (C=O) groups is 1. The first-order chi connectivity index (χ1) is 14.3. The maximum absolute atomic E-state index is 12.6. The van der Waals surface area contributed by atoms with Crippen LogP contribution >= 0.6 is 0 Å². The van der Waals surface area contributed by atoms with Crippen LogP contribution < -0.4 is 5.32 Å². The molecule has 1 aliphatic rings. The van der Waals surface area contributed by atoms with E-state index >= 15 is 0 Å². The average Bonchev–Trinajstić information content (AvgIpc) is 3.27. The lowest BCUT2D eigenvalue weighted by atomic mass is 10.1. The molecule has 1 amide bonds. The first-order valence-electron chi connectivity index (χ1n) is 9.99. The van der Waals surface area contributed by atoms with E-state index in [0.29, 0.717) is 18.7 Å². The second-order valence-electron chi connectivity index (χ2n) is 7.24. The number of nitrogens with one attached hydrogen (secondary N) is 1. The number of aromatic nitrogens is 2. The predicted octanol–water partition coefficient (Wildman–Crippen LogP) is 2.69. The molecule has 150 valence electrons. The normalized spacial score (nSPS) is 14.6. The molecule has 0 saturated carbocycles. The number of carbonyl (C=O) groups excluding carboxylic acids is 1. The van der Waals surface area contributed by atoms with Gasteiger partial charge in [0.05, 0.1) is 19.8 Å². The lowest BCUT2D eigenvalue weighted by molar-refractivity contribution is 0.0340. The molecule has 6 nitrogen and oxygen atoms in total. The lowest BCUT2D eigenvalue weighted by Crippen LogP contribution is -2.36. The van der Waals surface area contributed by atoms with Crippen molar-refractivity contribution in [2.45, 2.75) is 19.6 Å². The van der Waals surface area contributed by atoms with Crippen LogP contribution in [-0.2, 0) is 24.4 Å². The zero-order chi connectivity index (χ0) is 19.9. The summed E-state index contributed by atoms with van der Waals surface area (Å²) in [5.74, 6) is -0.0585. The van der Waals surface area contributed by atoms with E-state index in [4.69, 9.17) is 4.74 Å². The highest BCUT2D eigenvalue weighted by molar-refractivity contribution is 5.94. The number of amides is 1. The van der Waals surface area contributed by atoms with Gasteiger partial charge in [0.1, 0.15) is 0 Å². The zero-order valence-corrected chi connectivity index (χ0v) is 16.5. The molecule has 0 bridgehead atoms. The van der Waals surface area contributed by atoms with Crippen LogP contribution in [0.4, 0.5) is 0 Å². The van der Waals surface area contributed by atoms with Gasteiger partial charge in [0.25, 0.3) is 5.91 Å². The molecule has 29 heavy (non-hydrogen) atoms. The monoisotopic (exact) mass is 390 g/mol. The Kier molecular flexibility index (Phi) is 6.34. The largest absolute Gasteiger partial charge is 0.379 e. The minimum Gasteiger partial charge on any atom is -0.379 e. The molecular weight excluding hydrogens is 364 g/mol. The van der Waals surface area contributed by atoms with Crippen molar-refractivity contribution in [1.82, 2.24) is 20.0 Å². The van der Waals surface area contributed by atoms with Crippen molar-refractivity contribution in [3.8, 4) is 0 Å². The van der Waals surface area contributed by atoms with Crippen molar-refractivity contribution in [1.29, 1.82) is 0 Å². The van der Waals surface area contributed by atoms with Crippen LogP contribution in [0.25, 0.3) is 0 Å². The average molecular weight is 390 g/mol. The summed E-state index contributed by atoms with van der Waals surface area (Å²) in [7, 11) is 0. The van der Waals surface area contributed by atoms with E-state index in [1.807, 2.05) is 47.3 Å². The minimum atomic E-state index is -0.0585. The third kappa shape index (κ3) is 5.31. The van der Waals surface area contributed by atoms with E-state index in [1.54, 1.807) is 6.20 Å². The van der Waals surface area contributed by atoms with Gasteiger partial charge in [0.2, 0.25) is 0 Å². The van der Waals surface area contributed by atoms with Gasteiger partial charge in [-0.25, -0.2) is 0 Å². The number of morpholine rings is 1. The second-order valence-corrected chi connectivity index (χ2v) is 7.24. The van der Waals surface area contributed by atoms with Gasteiger partial charge in [-0.05, 0) is 34.9 Å². The zero-order valence-electron chi connectivity index (χ0n) is 16.5. The molecule has 6 heteroatoms. The molecule has 1 aromatic heterocycles. The Morgan fingerprint density at radius 1 is 0.966 bits per heavy atom. The smallest absolute Gasteiger partial charge is 0.251 e. The summed E-state index contributed by atoms with van der Waals surface area (Å²) in [6.07, 6.45) is 3.69. The van der Waals surface area contributed by atoms with Crippen LogP contribution in [0, 0.1) is 0 Å². The third-order valence-electron chi connectivity index (χ3n) is 5.18. The van der Waals surface area contributed by atoms with E-state index in [9.17, 15) is 4.79 Å². The first-order valence-corrected chi connectivity index (χ1v) is 9.99. The highest BCUT2D eigenvalue weighted by atomic mass is 16.5. The van der Waals surface area contributed by atoms with E-state index in [0.717, 1.165) is 44.0 Å². The van der Waals surface area contributed by atoms with Gasteiger partial charge < -0.3 is 10.1 Å². The van der Waals surface area contributed by atoms with Crippen LogP contribution in [-0.4, -0.2) is 46.9 Å². The summed E-state index contributed by atoms with van der Waals surface area (Å²) < 4.78 is 7.29. The van der Waals surface area contributed by atoms with Crippen LogP contribution in [0.15, 0.2) is 67.0 Å². The number of benzene rings is 2. The Bertz CT molecular complexity index is 916. The summed E-state index contributed by atoms with van der Waals surface area (Å²) in [4.78, 5) is 15.0. The van der Waals surface area contributed by atoms with Gasteiger partial charge in [-0.15, -0.1) is 0 Å². The van der Waals surface area contributed by atoms with E-state index in [1.165, 1.54) is 5.56 Å². The Morgan fingerprint density at radius 2 is 1.72 bits per heavy atom. The van der Waals surface area contributed by atoms with Crippen LogP contribution in [0.5, 0.6) is 0 Å². The highest BCUT2D eigenvalue weighted by Gasteiger charge is 2.13. The molecule has 0 unspecified atom stereocenters. The van der Waals surface area contributed by atoms with Crippen molar-refractivity contribution in [3.63, 3.8) is 0 Å². The SMILES string of the molecule is O=C(NCc1ccccc1CN1CCOCC1)c1ccc(Cn2cccn2)cc1. The number of hydrogen-bond donors (Lipinski definition) is 1. The second kappa shape index (κ2) is 9.49. The molecule has 3 aromatic rings. The minimum absolute atomic E-state index is 0.0585. The summed E-state index contributed by atoms with van der Waals surface area (Å²) in [6.45, 7) is 5.58. The summed E-state index contributed by atoms with van der Waals surface area (Å²) in [5.41, 5.74) is 4.19. The van der Waals surface area contributed by atoms with Crippen molar-refractivity contribution < 1.29 is 9.53 Å². The molecule has 0 spiro atoms. The molecule has 0 radical (unpaired) electrons. The van der Waals surface area contributed by atoms with Crippen molar-refractivity contribution in [2.24, 2.45) is 0 Å². The molecular formula is C23H26N4O2. The molecule has 4 rings (SSSR count). The number of nitrogens with zero attached hydrogens (tertiary/aromatic N) is 3. The summed E-state index contributed by atoms with van der Waals surface area (Å²) >= 11 is 0. The molecule has 1 N–H and O–H groups in total. The number of rotatable bonds is 7. The summed E-state index contributed by atoms with van der Waals surface area (Å²) in [5, 5.41) is 7.27. The molecule has 0 aliphatic carbocycles. The van der Waals surface area contributed by atoms with Crippen LogP contribution in [0.3, 0.4) is 0 Å².